The molecule has 0 N–H and O–H groups in total. The van der Waals surface area contributed by atoms with Gasteiger partial charge in [-0.15, -0.1) is 0 Å². The van der Waals surface area contributed by atoms with Crippen molar-refractivity contribution in [1.29, 1.82) is 0 Å². The zero-order chi connectivity index (χ0) is 60.4. The number of hydrogen-bond donors (Lipinski definition) is 0. The number of aryl methyl sites for hydroxylation is 2. The molecule has 4 nitrogen and oxygen atoms in total. The molecule has 9 rings (SSSR count). The summed E-state index contributed by atoms with van der Waals surface area (Å²) in [6, 6.07) is 14.5. The van der Waals surface area contributed by atoms with Crippen LogP contribution in [0.3, 0.4) is 0 Å². The summed E-state index contributed by atoms with van der Waals surface area (Å²) in [5.74, 6) is 0.834. The first-order valence-corrected chi connectivity index (χ1v) is 37.5. The number of nitrogens with zero attached hydrogens (tertiary/aromatic N) is 2. The average molecular weight is 1200 g/mol. The van der Waals surface area contributed by atoms with E-state index in [4.69, 9.17) is 24.4 Å². The highest BCUT2D eigenvalue weighted by molar-refractivity contribution is 7.71. The average Bonchev–Trinajstić information content (AvgIpc) is 0.667. The van der Waals surface area contributed by atoms with Crippen LogP contribution < -0.4 is 11.1 Å². The molecule has 0 aliphatic heterocycles. The topological polar surface area (TPSA) is 44.0 Å². The molecule has 0 aliphatic rings. The van der Waals surface area contributed by atoms with Crippen LogP contribution in [-0.2, 0) is 25.9 Å². The van der Waals surface area contributed by atoms with Crippen molar-refractivity contribution in [3.05, 3.63) is 77.5 Å². The number of aromatic nitrogens is 2. The van der Waals surface area contributed by atoms with E-state index in [0.717, 1.165) is 93.7 Å². The lowest BCUT2D eigenvalue weighted by molar-refractivity contribution is 0.352. The van der Waals surface area contributed by atoms with Crippen LogP contribution in [0.1, 0.15) is 310 Å². The molecule has 0 saturated carbocycles. The monoisotopic (exact) mass is 1200 g/mol. The van der Waals surface area contributed by atoms with Crippen LogP contribution in [0, 0.1) is 21.1 Å². The Morgan fingerprint density at radius 1 is 0.291 bits per heavy atom. The van der Waals surface area contributed by atoms with Crippen molar-refractivity contribution >= 4 is 111 Å². The van der Waals surface area contributed by atoms with E-state index in [0.29, 0.717) is 29.6 Å². The molecule has 0 fully saturated rings. The van der Waals surface area contributed by atoms with Gasteiger partial charge in [-0.2, -0.15) is 0 Å². The number of hydrogen-bond acceptors (Lipinski definition) is 4. The van der Waals surface area contributed by atoms with Crippen LogP contribution >= 0.6 is 24.4 Å². The molecule has 2 unspecified atom stereocenters. The summed E-state index contributed by atoms with van der Waals surface area (Å²) in [5, 5.41) is 18.2. The standard InChI is InChI=1S/C80H114N2O2S2/c1-7-13-19-25-29-31-35-39-45-57(43-37-33-27-21-15-9-3)55-81-77(83)65-51-61-49-59(47-41-23-17-11-5)63-53-66-72-67(79(85)82(78(66)84)56-58(44-38-34-28-22-16-10-4)46-40-36-32-30-26-20-14-8-2)52-62-50-60(48-42-24-18-12-6)64-54-68(80(81)86)71(65)75-69(61)73(63)76(72)70(62)74(64)75/h49-54,57-58H,7-48,55-56H2,1-6H3. The molecule has 0 radical (unpaired) electrons. The summed E-state index contributed by atoms with van der Waals surface area (Å²) in [7, 11) is 0. The smallest absolute Gasteiger partial charge is 0.259 e. The summed E-state index contributed by atoms with van der Waals surface area (Å²) < 4.78 is 5.60. The second-order valence-electron chi connectivity index (χ2n) is 27.7. The molecule has 0 saturated heterocycles. The summed E-state index contributed by atoms with van der Waals surface area (Å²) in [5.41, 5.74) is 2.86. The van der Waals surface area contributed by atoms with Crippen LogP contribution in [0.5, 0.6) is 0 Å². The van der Waals surface area contributed by atoms with Crippen LogP contribution in [-0.4, -0.2) is 9.13 Å². The van der Waals surface area contributed by atoms with Gasteiger partial charge >= 0.3 is 0 Å². The Morgan fingerprint density at radius 3 is 0.919 bits per heavy atom. The Morgan fingerprint density at radius 2 is 0.570 bits per heavy atom. The minimum absolute atomic E-state index is 0.0912. The molecule has 2 aromatic heterocycles. The van der Waals surface area contributed by atoms with E-state index in [1.54, 1.807) is 0 Å². The molecule has 86 heavy (non-hydrogen) atoms. The first kappa shape index (κ1) is 66.4. The van der Waals surface area contributed by atoms with Gasteiger partial charge in [0.2, 0.25) is 0 Å². The van der Waals surface area contributed by atoms with E-state index >= 15 is 9.59 Å². The maximum absolute atomic E-state index is 15.9. The Hall–Kier alpha value is -4.00. The fourth-order valence-electron chi connectivity index (χ4n) is 16.0. The molecule has 0 spiro atoms. The predicted molar refractivity (Wildman–Crippen MR) is 386 cm³/mol. The summed E-state index contributed by atoms with van der Waals surface area (Å²) in [4.78, 5) is 31.7. The Labute approximate surface area is 530 Å². The number of unbranched alkanes of at least 4 members (excludes halogenated alkanes) is 30. The molecule has 9 aromatic rings. The summed E-state index contributed by atoms with van der Waals surface area (Å²) in [6.07, 6.45) is 52.3. The number of benzene rings is 7. The Kier molecular flexibility index (Phi) is 26.0. The van der Waals surface area contributed by atoms with Gasteiger partial charge in [0, 0.05) is 56.2 Å². The lowest BCUT2D eigenvalue weighted by Gasteiger charge is -2.27. The zero-order valence-electron chi connectivity index (χ0n) is 55.3. The molecule has 0 aliphatic carbocycles. The van der Waals surface area contributed by atoms with Crippen LogP contribution in [0.25, 0.3) is 86.2 Å². The lowest BCUT2D eigenvalue weighted by atomic mass is 9.77. The van der Waals surface area contributed by atoms with Crippen LogP contribution in [0.2, 0.25) is 0 Å². The maximum Gasteiger partial charge on any atom is 0.259 e. The predicted octanol–water partition coefficient (Wildman–Crippen LogP) is 25.9. The summed E-state index contributed by atoms with van der Waals surface area (Å²) >= 11 is 13.5. The van der Waals surface area contributed by atoms with E-state index < -0.39 is 0 Å². The van der Waals surface area contributed by atoms with Crippen molar-refractivity contribution in [2.45, 2.75) is 324 Å². The highest BCUT2D eigenvalue weighted by Gasteiger charge is 2.30. The van der Waals surface area contributed by atoms with Gasteiger partial charge in [0.15, 0.2) is 0 Å². The van der Waals surface area contributed by atoms with Gasteiger partial charge in [0.05, 0.1) is 0 Å². The Bertz CT molecular complexity index is 3470. The van der Waals surface area contributed by atoms with Crippen LogP contribution in [0.15, 0.2) is 46.0 Å². The molecule has 0 amide bonds. The number of rotatable bonds is 46. The number of pyridine rings is 2. The molecule has 2 atom stereocenters. The van der Waals surface area contributed by atoms with Gasteiger partial charge < -0.3 is 0 Å². The largest absolute Gasteiger partial charge is 0.298 e. The van der Waals surface area contributed by atoms with Crippen molar-refractivity contribution < 1.29 is 0 Å². The molecule has 6 heteroatoms. The van der Waals surface area contributed by atoms with Gasteiger partial charge in [-0.3, -0.25) is 18.7 Å². The van der Waals surface area contributed by atoms with Crippen molar-refractivity contribution in [2.24, 2.45) is 11.8 Å². The van der Waals surface area contributed by atoms with Crippen LogP contribution in [0.4, 0.5) is 0 Å². The SMILES string of the molecule is CCCCCCCCCCC(CCCCCCCC)Cn1c(=O)c2cc3c(CCCCCC)cc4cc5c(=O)n(CC(CCCCCCCC)CCCCCCCCCC)c(=S)c6cc7c(CCCCCC)cc8cc(c1=S)c2c1c8c7c(c56)c4c31. The third-order valence-corrected chi connectivity index (χ3v) is 21.8. The fourth-order valence-corrected chi connectivity index (χ4v) is 16.7. The molecule has 468 valence electrons. The van der Waals surface area contributed by atoms with Gasteiger partial charge in [-0.1, -0.05) is 296 Å². The van der Waals surface area contributed by atoms with Gasteiger partial charge in [0.1, 0.15) is 9.28 Å². The normalized spacial score (nSPS) is 13.3. The molecule has 0 bridgehead atoms. The van der Waals surface area contributed by atoms with E-state index in [-0.39, 0.29) is 11.1 Å². The quantitative estimate of drug-likeness (QED) is 0.0165. The molecular weight excluding hydrogens is 1090 g/mol. The fraction of sp³-hybridized carbons (Fsp3) is 0.650. The maximum atomic E-state index is 15.9. The van der Waals surface area contributed by atoms with Crippen molar-refractivity contribution in [3.63, 3.8) is 0 Å². The van der Waals surface area contributed by atoms with E-state index in [9.17, 15) is 0 Å². The summed E-state index contributed by atoms with van der Waals surface area (Å²) in [6.45, 7) is 15.2. The first-order chi connectivity index (χ1) is 42.2. The van der Waals surface area contributed by atoms with Crippen molar-refractivity contribution in [2.75, 3.05) is 0 Å². The third-order valence-electron chi connectivity index (χ3n) is 21.0. The van der Waals surface area contributed by atoms with E-state index in [1.165, 1.54) is 278 Å². The molecule has 7 aromatic carbocycles. The van der Waals surface area contributed by atoms with Gasteiger partial charge in [-0.05, 0) is 142 Å². The second-order valence-corrected chi connectivity index (χ2v) is 28.5. The minimum atomic E-state index is 0.0912. The van der Waals surface area contributed by atoms with Gasteiger partial charge in [-0.25, -0.2) is 0 Å². The Balaban J connectivity index is 1.22. The second kappa shape index (κ2) is 33.7. The molecule has 2 heterocycles. The van der Waals surface area contributed by atoms with E-state index in [1.807, 2.05) is 0 Å². The van der Waals surface area contributed by atoms with E-state index in [2.05, 4.69) is 87.1 Å². The van der Waals surface area contributed by atoms with Crippen molar-refractivity contribution in [1.82, 2.24) is 9.13 Å². The lowest BCUT2D eigenvalue weighted by Crippen LogP contribution is -2.26. The highest BCUT2D eigenvalue weighted by Crippen LogP contribution is 2.53. The third kappa shape index (κ3) is 15.4. The first-order valence-electron chi connectivity index (χ1n) is 36.7. The zero-order valence-corrected chi connectivity index (χ0v) is 56.9. The van der Waals surface area contributed by atoms with Gasteiger partial charge in [0.25, 0.3) is 11.1 Å². The molecular formula is C80H114N2O2S2. The highest BCUT2D eigenvalue weighted by atomic mass is 32.1. The minimum Gasteiger partial charge on any atom is -0.298 e. The van der Waals surface area contributed by atoms with Crippen molar-refractivity contribution in [3.8, 4) is 0 Å².